The Hall–Kier alpha value is -3.83. The normalized spacial score (nSPS) is 12.1. The Morgan fingerprint density at radius 2 is 1.97 bits per heavy atom. The first-order valence-electron chi connectivity index (χ1n) is 9.26. The lowest BCUT2D eigenvalue weighted by atomic mass is 10.1. The number of hydrogen-bond acceptors (Lipinski definition) is 5. The molecule has 0 unspecified atom stereocenters. The number of nitriles is 1. The molecule has 0 aliphatic heterocycles. The highest BCUT2D eigenvalue weighted by molar-refractivity contribution is 7.15. The van der Waals surface area contributed by atoms with E-state index in [-0.39, 0.29) is 11.4 Å². The molecule has 0 atom stereocenters. The van der Waals surface area contributed by atoms with Crippen LogP contribution in [-0.4, -0.2) is 19.2 Å². The molecule has 0 radical (unpaired) electrons. The van der Waals surface area contributed by atoms with Gasteiger partial charge in [-0.2, -0.15) is 10.4 Å². The fourth-order valence-electron chi connectivity index (χ4n) is 3.41. The molecule has 0 aliphatic carbocycles. The molecule has 0 amide bonds. The zero-order valence-electron chi connectivity index (χ0n) is 15.6. The number of para-hydroxylation sites is 2. The van der Waals surface area contributed by atoms with Crippen LogP contribution in [0.5, 0.6) is 0 Å². The van der Waals surface area contributed by atoms with Gasteiger partial charge in [-0.05, 0) is 42.5 Å². The number of aromatic nitrogens is 4. The summed E-state index contributed by atoms with van der Waals surface area (Å²) in [5.74, 6) is -0.332. The quantitative estimate of drug-likeness (QED) is 0.451. The number of rotatable bonds is 4. The molecule has 0 saturated heterocycles. The van der Waals surface area contributed by atoms with Crippen LogP contribution in [0.15, 0.2) is 59.5 Å². The number of halogens is 1. The fourth-order valence-corrected chi connectivity index (χ4v) is 4.38. The summed E-state index contributed by atoms with van der Waals surface area (Å²) in [6.45, 7) is 0.432. The molecular weight excluding hydrogens is 401 g/mol. The molecule has 0 aliphatic rings. The predicted molar refractivity (Wildman–Crippen MR) is 113 cm³/mol. The second-order valence-electron chi connectivity index (χ2n) is 6.75. The molecule has 6 nitrogen and oxygen atoms in total. The SMILES string of the molecule is N#CCCn1cc(C=c2sc3nc4ccccc4n3c2=O)c(-c2ccc(F)cc2)n1. The lowest BCUT2D eigenvalue weighted by molar-refractivity contribution is 0.626. The number of imidazole rings is 1. The van der Waals surface area contributed by atoms with E-state index in [2.05, 4.69) is 16.2 Å². The molecule has 5 rings (SSSR count). The van der Waals surface area contributed by atoms with Crippen molar-refractivity contribution in [2.45, 2.75) is 13.0 Å². The van der Waals surface area contributed by atoms with E-state index >= 15 is 0 Å². The van der Waals surface area contributed by atoms with Crippen molar-refractivity contribution in [3.8, 4) is 17.3 Å². The average Bonchev–Trinajstić information content (AvgIpc) is 3.40. The highest BCUT2D eigenvalue weighted by Crippen LogP contribution is 2.24. The van der Waals surface area contributed by atoms with E-state index < -0.39 is 0 Å². The van der Waals surface area contributed by atoms with Crippen LogP contribution in [-0.2, 0) is 6.54 Å². The molecule has 0 saturated carbocycles. The van der Waals surface area contributed by atoms with E-state index in [1.165, 1.54) is 23.5 Å². The summed E-state index contributed by atoms with van der Waals surface area (Å²) >= 11 is 1.31. The lowest BCUT2D eigenvalue weighted by Crippen LogP contribution is -2.22. The Kier molecular flexibility index (Phi) is 4.38. The summed E-state index contributed by atoms with van der Waals surface area (Å²) < 4.78 is 17.2. The second kappa shape index (κ2) is 7.21. The van der Waals surface area contributed by atoms with Crippen LogP contribution in [0.4, 0.5) is 4.39 Å². The van der Waals surface area contributed by atoms with Crippen molar-refractivity contribution >= 4 is 33.4 Å². The van der Waals surface area contributed by atoms with Crippen LogP contribution in [0.1, 0.15) is 12.0 Å². The maximum atomic E-state index is 13.4. The monoisotopic (exact) mass is 415 g/mol. The molecule has 0 N–H and O–H groups in total. The Morgan fingerprint density at radius 1 is 1.17 bits per heavy atom. The van der Waals surface area contributed by atoms with Crippen LogP contribution in [0.25, 0.3) is 33.3 Å². The van der Waals surface area contributed by atoms with Crippen LogP contribution in [0.2, 0.25) is 0 Å². The summed E-state index contributed by atoms with van der Waals surface area (Å²) in [5, 5.41) is 13.4. The van der Waals surface area contributed by atoms with E-state index in [0.717, 1.165) is 22.2 Å². The number of thiazole rings is 1. The van der Waals surface area contributed by atoms with Gasteiger partial charge in [0, 0.05) is 17.3 Å². The summed E-state index contributed by atoms with van der Waals surface area (Å²) in [6.07, 6.45) is 3.90. The van der Waals surface area contributed by atoms with Gasteiger partial charge in [0.05, 0.1) is 40.3 Å². The first-order chi connectivity index (χ1) is 14.6. The minimum atomic E-state index is -0.332. The van der Waals surface area contributed by atoms with Crippen LogP contribution >= 0.6 is 11.3 Å². The smallest absolute Gasteiger partial charge is 0.270 e. The van der Waals surface area contributed by atoms with Crippen molar-refractivity contribution in [2.75, 3.05) is 0 Å². The van der Waals surface area contributed by atoms with E-state index in [1.54, 1.807) is 33.5 Å². The predicted octanol–water partition coefficient (Wildman–Crippen LogP) is 3.37. The minimum absolute atomic E-state index is 0.140. The van der Waals surface area contributed by atoms with Crippen molar-refractivity contribution in [3.63, 3.8) is 0 Å². The van der Waals surface area contributed by atoms with Crippen molar-refractivity contribution in [2.24, 2.45) is 0 Å². The van der Waals surface area contributed by atoms with Gasteiger partial charge in [0.15, 0.2) is 4.96 Å². The summed E-state index contributed by atoms with van der Waals surface area (Å²) in [4.78, 5) is 18.2. The van der Waals surface area contributed by atoms with Gasteiger partial charge in [0.1, 0.15) is 5.82 Å². The van der Waals surface area contributed by atoms with Gasteiger partial charge < -0.3 is 0 Å². The molecule has 3 heterocycles. The second-order valence-corrected chi connectivity index (χ2v) is 7.75. The van der Waals surface area contributed by atoms with Gasteiger partial charge >= 0.3 is 0 Å². The van der Waals surface area contributed by atoms with E-state index in [0.29, 0.717) is 28.2 Å². The minimum Gasteiger partial charge on any atom is -0.270 e. The molecule has 3 aromatic heterocycles. The third kappa shape index (κ3) is 3.06. The number of nitrogens with zero attached hydrogens (tertiary/aromatic N) is 5. The number of hydrogen-bond donors (Lipinski definition) is 0. The van der Waals surface area contributed by atoms with Gasteiger partial charge in [-0.25, -0.2) is 13.8 Å². The van der Waals surface area contributed by atoms with Crippen molar-refractivity contribution in [1.29, 1.82) is 5.26 Å². The zero-order valence-corrected chi connectivity index (χ0v) is 16.4. The number of fused-ring (bicyclic) bond motifs is 3. The maximum absolute atomic E-state index is 13.4. The molecule has 5 aromatic rings. The van der Waals surface area contributed by atoms with Crippen LogP contribution in [0, 0.1) is 17.1 Å². The topological polar surface area (TPSA) is 76.0 Å². The summed E-state index contributed by atoms with van der Waals surface area (Å²) in [5.41, 5.74) is 3.51. The van der Waals surface area contributed by atoms with Gasteiger partial charge in [-0.1, -0.05) is 23.5 Å². The van der Waals surface area contributed by atoms with Gasteiger partial charge in [0.2, 0.25) is 0 Å². The van der Waals surface area contributed by atoms with Crippen molar-refractivity contribution < 1.29 is 4.39 Å². The molecule has 2 aromatic carbocycles. The number of aryl methyl sites for hydroxylation is 1. The van der Waals surface area contributed by atoms with Gasteiger partial charge in [0.25, 0.3) is 5.56 Å². The molecule has 30 heavy (non-hydrogen) atoms. The fraction of sp³-hybridized carbons (Fsp3) is 0.0909. The molecule has 0 fully saturated rings. The largest absolute Gasteiger partial charge is 0.274 e. The van der Waals surface area contributed by atoms with Crippen molar-refractivity contribution in [3.05, 3.63) is 81.0 Å². The average molecular weight is 415 g/mol. The Balaban J connectivity index is 1.69. The van der Waals surface area contributed by atoms with Crippen molar-refractivity contribution in [1.82, 2.24) is 19.2 Å². The first-order valence-corrected chi connectivity index (χ1v) is 10.1. The van der Waals surface area contributed by atoms with E-state index in [9.17, 15) is 9.18 Å². The molecule has 0 bridgehead atoms. The Labute approximate surface area is 173 Å². The van der Waals surface area contributed by atoms with Crippen LogP contribution in [0.3, 0.4) is 0 Å². The number of benzene rings is 2. The highest BCUT2D eigenvalue weighted by atomic mass is 32.1. The maximum Gasteiger partial charge on any atom is 0.274 e. The highest BCUT2D eigenvalue weighted by Gasteiger charge is 2.14. The Morgan fingerprint density at radius 3 is 2.77 bits per heavy atom. The first kappa shape index (κ1) is 18.2. The zero-order chi connectivity index (χ0) is 20.7. The molecule has 0 spiro atoms. The third-order valence-corrected chi connectivity index (χ3v) is 5.76. The van der Waals surface area contributed by atoms with Gasteiger partial charge in [-0.3, -0.25) is 9.48 Å². The Bertz CT molecular complexity index is 1540. The lowest BCUT2D eigenvalue weighted by Gasteiger charge is -1.99. The van der Waals surface area contributed by atoms with Gasteiger partial charge in [-0.15, -0.1) is 0 Å². The summed E-state index contributed by atoms with van der Waals surface area (Å²) in [7, 11) is 0. The van der Waals surface area contributed by atoms with E-state index in [1.807, 2.05) is 24.3 Å². The van der Waals surface area contributed by atoms with Crippen LogP contribution < -0.4 is 10.1 Å². The molecule has 8 heteroatoms. The molecule has 146 valence electrons. The third-order valence-electron chi connectivity index (χ3n) is 4.79. The molecular formula is C22H14FN5OS. The standard InChI is InChI=1S/C22H14FN5OS/c23-16-8-6-14(7-9-16)20-15(13-27(26-20)11-3-10-24)12-19-21(29)28-18-5-2-1-4-17(18)25-22(28)30-19/h1-2,4-9,12-13H,3,11H2. The summed E-state index contributed by atoms with van der Waals surface area (Å²) in [6, 6.07) is 15.7. The van der Waals surface area contributed by atoms with E-state index in [4.69, 9.17) is 5.26 Å².